The molecule has 3 rings (SSSR count). The summed E-state index contributed by atoms with van der Waals surface area (Å²) in [6.07, 6.45) is 1.90. The van der Waals surface area contributed by atoms with Gasteiger partial charge < -0.3 is 15.2 Å². The molecule has 0 radical (unpaired) electrons. The molecule has 5 nitrogen and oxygen atoms in total. The van der Waals surface area contributed by atoms with Crippen LogP contribution >= 0.6 is 0 Å². The number of carbonyl (C=O) groups excluding carboxylic acids is 1. The molecule has 0 fully saturated rings. The van der Waals surface area contributed by atoms with Crippen molar-refractivity contribution in [3.63, 3.8) is 0 Å². The molecule has 1 heterocycles. The first kappa shape index (κ1) is 16.1. The monoisotopic (exact) mass is 324 g/mol. The van der Waals surface area contributed by atoms with Crippen LogP contribution in [0.3, 0.4) is 0 Å². The minimum Gasteiger partial charge on any atom is -0.496 e. The van der Waals surface area contributed by atoms with Crippen LogP contribution in [0.2, 0.25) is 0 Å². The highest BCUT2D eigenvalue weighted by Crippen LogP contribution is 2.45. The topological polar surface area (TPSA) is 85.3 Å². The Kier molecular flexibility index (Phi) is 4.06. The summed E-state index contributed by atoms with van der Waals surface area (Å²) in [7, 11) is 1.62. The van der Waals surface area contributed by atoms with Gasteiger partial charge in [-0.2, -0.15) is 5.26 Å². The molecule has 0 amide bonds. The van der Waals surface area contributed by atoms with E-state index in [0.717, 1.165) is 28.9 Å². The maximum absolute atomic E-state index is 12.6. The van der Waals surface area contributed by atoms with Crippen LogP contribution in [-0.2, 0) is 9.53 Å². The zero-order valence-corrected chi connectivity index (χ0v) is 14.1. The zero-order chi connectivity index (χ0) is 17.4. The van der Waals surface area contributed by atoms with Crippen molar-refractivity contribution in [1.82, 2.24) is 0 Å². The summed E-state index contributed by atoms with van der Waals surface area (Å²) in [4.78, 5) is 12.6. The molecule has 1 aromatic rings. The molecule has 1 unspecified atom stereocenters. The lowest BCUT2D eigenvalue weighted by Gasteiger charge is -2.32. The molecule has 5 heteroatoms. The van der Waals surface area contributed by atoms with Gasteiger partial charge in [-0.25, -0.2) is 0 Å². The highest BCUT2D eigenvalue weighted by Gasteiger charge is 2.38. The van der Waals surface area contributed by atoms with E-state index in [0.29, 0.717) is 29.7 Å². The molecular formula is C19H20N2O3. The Morgan fingerprint density at radius 2 is 2.04 bits per heavy atom. The van der Waals surface area contributed by atoms with Gasteiger partial charge in [-0.15, -0.1) is 0 Å². The molecule has 0 saturated heterocycles. The Hall–Kier alpha value is -2.74. The average Bonchev–Trinajstić information content (AvgIpc) is 2.55. The van der Waals surface area contributed by atoms with E-state index in [2.05, 4.69) is 6.07 Å². The molecule has 124 valence electrons. The fraction of sp³-hybridized carbons (Fsp3) is 0.368. The maximum Gasteiger partial charge on any atom is 0.205 e. The first-order valence-electron chi connectivity index (χ1n) is 7.96. The number of allylic oxidation sites excluding steroid dienone is 3. The highest BCUT2D eigenvalue weighted by molar-refractivity contribution is 5.99. The molecule has 2 aliphatic rings. The predicted octanol–water partition coefficient (Wildman–Crippen LogP) is 3.13. The van der Waals surface area contributed by atoms with Gasteiger partial charge in [0.1, 0.15) is 23.2 Å². The fourth-order valence-electron chi connectivity index (χ4n) is 3.51. The van der Waals surface area contributed by atoms with Crippen molar-refractivity contribution in [3.8, 4) is 11.8 Å². The Bertz CT molecular complexity index is 828. The molecule has 1 aromatic carbocycles. The van der Waals surface area contributed by atoms with E-state index < -0.39 is 5.92 Å². The second kappa shape index (κ2) is 6.04. The van der Waals surface area contributed by atoms with Crippen LogP contribution in [0.5, 0.6) is 5.75 Å². The van der Waals surface area contributed by atoms with Crippen molar-refractivity contribution in [2.45, 2.75) is 39.0 Å². The average molecular weight is 324 g/mol. The van der Waals surface area contributed by atoms with Crippen LogP contribution in [-0.4, -0.2) is 12.9 Å². The van der Waals surface area contributed by atoms with Crippen molar-refractivity contribution >= 4 is 5.78 Å². The maximum atomic E-state index is 12.6. The molecule has 0 saturated carbocycles. The number of rotatable bonds is 2. The minimum absolute atomic E-state index is 0.0365. The molecule has 1 aliphatic carbocycles. The molecular weight excluding hydrogens is 304 g/mol. The Morgan fingerprint density at radius 3 is 2.71 bits per heavy atom. The van der Waals surface area contributed by atoms with Crippen molar-refractivity contribution < 1.29 is 14.3 Å². The summed E-state index contributed by atoms with van der Waals surface area (Å²) in [6, 6.07) is 6.05. The van der Waals surface area contributed by atoms with E-state index in [1.165, 1.54) is 0 Å². The van der Waals surface area contributed by atoms with E-state index in [4.69, 9.17) is 15.2 Å². The van der Waals surface area contributed by atoms with Crippen LogP contribution in [0.15, 0.2) is 34.9 Å². The number of ether oxygens (including phenoxy) is 2. The zero-order valence-electron chi connectivity index (χ0n) is 14.1. The molecule has 2 N–H and O–H groups in total. The van der Waals surface area contributed by atoms with E-state index >= 15 is 0 Å². The predicted molar refractivity (Wildman–Crippen MR) is 89.0 cm³/mol. The van der Waals surface area contributed by atoms with Gasteiger partial charge in [0.05, 0.1) is 13.0 Å². The largest absolute Gasteiger partial charge is 0.496 e. The third-order valence-electron chi connectivity index (χ3n) is 4.70. The summed E-state index contributed by atoms with van der Waals surface area (Å²) in [5.41, 5.74) is 9.67. The molecule has 24 heavy (non-hydrogen) atoms. The molecule has 0 bridgehead atoms. The first-order chi connectivity index (χ1) is 11.5. The highest BCUT2D eigenvalue weighted by atomic mass is 16.5. The second-order valence-corrected chi connectivity index (χ2v) is 6.22. The quantitative estimate of drug-likeness (QED) is 0.903. The smallest absolute Gasteiger partial charge is 0.205 e. The number of nitriles is 1. The van der Waals surface area contributed by atoms with Gasteiger partial charge in [0.2, 0.25) is 5.88 Å². The van der Waals surface area contributed by atoms with E-state index in [1.807, 2.05) is 26.0 Å². The molecule has 1 aliphatic heterocycles. The summed E-state index contributed by atoms with van der Waals surface area (Å²) in [6.45, 7) is 3.89. The van der Waals surface area contributed by atoms with Crippen LogP contribution < -0.4 is 10.5 Å². The number of aryl methyl sites for hydroxylation is 2. The number of benzene rings is 1. The van der Waals surface area contributed by atoms with Crippen LogP contribution in [0.4, 0.5) is 0 Å². The number of methoxy groups -OCH3 is 1. The van der Waals surface area contributed by atoms with Crippen molar-refractivity contribution in [1.29, 1.82) is 5.26 Å². The second-order valence-electron chi connectivity index (χ2n) is 6.22. The van der Waals surface area contributed by atoms with Crippen molar-refractivity contribution in [2.75, 3.05) is 7.11 Å². The summed E-state index contributed by atoms with van der Waals surface area (Å²) >= 11 is 0. The number of ketones is 1. The lowest BCUT2D eigenvalue weighted by molar-refractivity contribution is -0.116. The number of nitrogens with two attached hydrogens (primary N) is 1. The van der Waals surface area contributed by atoms with Crippen LogP contribution in [0.1, 0.15) is 41.9 Å². The Morgan fingerprint density at radius 1 is 1.29 bits per heavy atom. The summed E-state index contributed by atoms with van der Waals surface area (Å²) < 4.78 is 11.0. The van der Waals surface area contributed by atoms with Crippen LogP contribution in [0.25, 0.3) is 0 Å². The number of hydrogen-bond donors (Lipinski definition) is 1. The number of nitrogens with zero attached hydrogens (tertiary/aromatic N) is 1. The van der Waals surface area contributed by atoms with E-state index in [1.54, 1.807) is 7.11 Å². The third kappa shape index (κ3) is 2.44. The van der Waals surface area contributed by atoms with Gasteiger partial charge in [0.25, 0.3) is 0 Å². The standard InChI is InChI=1S/C19H20N2O3/c1-10-8-16(23-3)11(2)7-12(10)17-13(9-20)19(21)24-15-6-4-5-14(22)18(15)17/h7-8,17H,4-6,21H2,1-3H3. The third-order valence-corrected chi connectivity index (χ3v) is 4.70. The molecule has 0 aromatic heterocycles. The van der Waals surface area contributed by atoms with E-state index in [-0.39, 0.29) is 11.7 Å². The van der Waals surface area contributed by atoms with Gasteiger partial charge in [0.15, 0.2) is 5.78 Å². The van der Waals surface area contributed by atoms with Gasteiger partial charge in [-0.1, -0.05) is 6.07 Å². The number of hydrogen-bond acceptors (Lipinski definition) is 5. The lowest BCUT2D eigenvalue weighted by Crippen LogP contribution is -2.27. The van der Waals surface area contributed by atoms with Gasteiger partial charge in [0, 0.05) is 18.4 Å². The summed E-state index contributed by atoms with van der Waals surface area (Å²) in [5.74, 6) is 1.07. The molecule has 1 atom stereocenters. The van der Waals surface area contributed by atoms with Crippen molar-refractivity contribution in [3.05, 3.63) is 51.6 Å². The first-order valence-corrected chi connectivity index (χ1v) is 7.96. The van der Waals surface area contributed by atoms with E-state index in [9.17, 15) is 10.1 Å². The van der Waals surface area contributed by atoms with Crippen molar-refractivity contribution in [2.24, 2.45) is 5.73 Å². The number of carbonyl (C=O) groups is 1. The Labute approximate surface area is 141 Å². The summed E-state index contributed by atoms with van der Waals surface area (Å²) in [5, 5.41) is 9.60. The van der Waals surface area contributed by atoms with Gasteiger partial charge in [-0.3, -0.25) is 4.79 Å². The minimum atomic E-state index is -0.462. The number of Topliss-reactive ketones (excluding diaryl/α,β-unsaturated/α-hetero) is 1. The van der Waals surface area contributed by atoms with Crippen LogP contribution in [0, 0.1) is 25.2 Å². The van der Waals surface area contributed by atoms with Gasteiger partial charge in [-0.05, 0) is 43.0 Å². The van der Waals surface area contributed by atoms with Gasteiger partial charge >= 0.3 is 0 Å². The molecule has 0 spiro atoms. The fourth-order valence-corrected chi connectivity index (χ4v) is 3.51. The SMILES string of the molecule is COc1cc(C)c(C2C(C#N)=C(N)OC3=C2C(=O)CCC3)cc1C. The normalized spacial score (nSPS) is 20.4. The lowest BCUT2D eigenvalue weighted by atomic mass is 9.76. The Balaban J connectivity index is 2.24.